The van der Waals surface area contributed by atoms with E-state index in [0.717, 1.165) is 11.3 Å². The third kappa shape index (κ3) is 3.50. The zero-order chi connectivity index (χ0) is 18.8. The molecule has 0 saturated heterocycles. The molecule has 0 spiro atoms. The molecule has 2 heterocycles. The van der Waals surface area contributed by atoms with Crippen molar-refractivity contribution in [3.63, 3.8) is 0 Å². The minimum Gasteiger partial charge on any atom is -0.360 e. The van der Waals surface area contributed by atoms with Gasteiger partial charge < -0.3 is 14.9 Å². The minimum absolute atomic E-state index is 0.0881. The van der Waals surface area contributed by atoms with Gasteiger partial charge >= 0.3 is 0 Å². The summed E-state index contributed by atoms with van der Waals surface area (Å²) in [5.74, 6) is -0.414. The number of H-pyrrole nitrogens is 1. The van der Waals surface area contributed by atoms with E-state index >= 15 is 0 Å². The fraction of sp³-hybridized carbons (Fsp3) is 0.0476. The summed E-state index contributed by atoms with van der Waals surface area (Å²) in [6.07, 6.45) is 5.32. The van der Waals surface area contributed by atoms with Gasteiger partial charge in [0.15, 0.2) is 0 Å². The maximum atomic E-state index is 12.7. The summed E-state index contributed by atoms with van der Waals surface area (Å²) in [6.45, 7) is 0.319. The number of fused-ring (bicyclic) bond motifs is 1. The van der Waals surface area contributed by atoms with Crippen LogP contribution in [-0.2, 0) is 6.54 Å². The highest BCUT2D eigenvalue weighted by Crippen LogP contribution is 2.15. The van der Waals surface area contributed by atoms with Gasteiger partial charge in [0, 0.05) is 41.2 Å². The number of nitrogens with zero attached hydrogens (tertiary/aromatic N) is 1. The van der Waals surface area contributed by atoms with Crippen molar-refractivity contribution in [3.8, 4) is 5.69 Å². The van der Waals surface area contributed by atoms with Crippen LogP contribution in [0.5, 0.6) is 0 Å². The smallest absolute Gasteiger partial charge is 0.257 e. The Kier molecular flexibility index (Phi) is 4.52. The first-order valence-corrected chi connectivity index (χ1v) is 8.81. The Bertz CT molecular complexity index is 1160. The zero-order valence-electron chi connectivity index (χ0n) is 14.3. The average Bonchev–Trinajstić information content (AvgIpc) is 3.22. The first-order chi connectivity index (χ1) is 13.1. The predicted octanol–water partition coefficient (Wildman–Crippen LogP) is 3.90. The van der Waals surface area contributed by atoms with E-state index in [-0.39, 0.29) is 11.0 Å². The highest BCUT2D eigenvalue weighted by molar-refractivity contribution is 6.30. The van der Waals surface area contributed by atoms with Gasteiger partial charge in [-0.2, -0.15) is 0 Å². The molecule has 2 aromatic heterocycles. The van der Waals surface area contributed by atoms with Gasteiger partial charge in [0.25, 0.3) is 5.91 Å². The van der Waals surface area contributed by atoms with E-state index in [4.69, 9.17) is 11.6 Å². The van der Waals surface area contributed by atoms with Crippen LogP contribution in [-0.4, -0.2) is 15.5 Å². The molecule has 0 fully saturated rings. The van der Waals surface area contributed by atoms with E-state index < -0.39 is 5.91 Å². The molecular formula is C21H16ClN3O2. The van der Waals surface area contributed by atoms with Crippen molar-refractivity contribution in [3.05, 3.63) is 99.6 Å². The number of hydrogen-bond donors (Lipinski definition) is 2. The predicted molar refractivity (Wildman–Crippen MR) is 107 cm³/mol. The quantitative estimate of drug-likeness (QED) is 0.566. The molecule has 0 bridgehead atoms. The van der Waals surface area contributed by atoms with E-state index in [1.807, 2.05) is 53.4 Å². The Hall–Kier alpha value is -3.31. The summed E-state index contributed by atoms with van der Waals surface area (Å²) < 4.78 is 1.95. The molecule has 27 heavy (non-hydrogen) atoms. The lowest BCUT2D eigenvalue weighted by Gasteiger charge is -2.08. The molecular weight excluding hydrogens is 362 g/mol. The van der Waals surface area contributed by atoms with Crippen molar-refractivity contribution in [2.45, 2.75) is 6.54 Å². The molecule has 0 saturated carbocycles. The van der Waals surface area contributed by atoms with E-state index in [9.17, 15) is 9.59 Å². The Morgan fingerprint density at radius 3 is 2.56 bits per heavy atom. The second kappa shape index (κ2) is 7.13. The normalized spacial score (nSPS) is 10.9. The molecule has 2 aromatic carbocycles. The van der Waals surface area contributed by atoms with Gasteiger partial charge in [-0.3, -0.25) is 9.59 Å². The van der Waals surface area contributed by atoms with Crippen molar-refractivity contribution in [2.24, 2.45) is 0 Å². The number of aromatic nitrogens is 2. The summed E-state index contributed by atoms with van der Waals surface area (Å²) in [5.41, 5.74) is 2.31. The van der Waals surface area contributed by atoms with Crippen LogP contribution in [0, 0.1) is 0 Å². The lowest BCUT2D eigenvalue weighted by Crippen LogP contribution is -2.28. The zero-order valence-corrected chi connectivity index (χ0v) is 15.0. The van der Waals surface area contributed by atoms with E-state index in [2.05, 4.69) is 10.3 Å². The number of hydrogen-bond acceptors (Lipinski definition) is 2. The van der Waals surface area contributed by atoms with Gasteiger partial charge in [0.2, 0.25) is 5.43 Å². The average molecular weight is 378 g/mol. The molecule has 0 unspecified atom stereocenters. The third-order valence-corrected chi connectivity index (χ3v) is 4.63. The number of pyridine rings is 1. The lowest BCUT2D eigenvalue weighted by molar-refractivity contribution is 0.0949. The molecule has 134 valence electrons. The first-order valence-electron chi connectivity index (χ1n) is 8.43. The molecule has 0 radical (unpaired) electrons. The lowest BCUT2D eigenvalue weighted by atomic mass is 10.1. The topological polar surface area (TPSA) is 66.9 Å². The number of halogens is 1. The molecule has 4 aromatic rings. The molecule has 0 aliphatic heterocycles. The molecule has 0 atom stereocenters. The number of aromatic amines is 1. The third-order valence-electron chi connectivity index (χ3n) is 4.38. The van der Waals surface area contributed by atoms with Crippen LogP contribution < -0.4 is 10.7 Å². The Balaban J connectivity index is 1.59. The van der Waals surface area contributed by atoms with Crippen LogP contribution in [0.3, 0.4) is 0 Å². The fourth-order valence-corrected chi connectivity index (χ4v) is 3.05. The maximum absolute atomic E-state index is 12.7. The fourth-order valence-electron chi connectivity index (χ4n) is 2.93. The largest absolute Gasteiger partial charge is 0.360 e. The van der Waals surface area contributed by atoms with Crippen molar-refractivity contribution in [2.75, 3.05) is 0 Å². The van der Waals surface area contributed by atoms with Crippen molar-refractivity contribution >= 4 is 28.4 Å². The van der Waals surface area contributed by atoms with Crippen LogP contribution >= 0.6 is 11.6 Å². The summed E-state index contributed by atoms with van der Waals surface area (Å²) >= 11 is 5.86. The Morgan fingerprint density at radius 2 is 1.81 bits per heavy atom. The minimum atomic E-state index is -0.414. The first kappa shape index (κ1) is 17.1. The molecule has 5 nitrogen and oxygen atoms in total. The second-order valence-corrected chi connectivity index (χ2v) is 6.60. The van der Waals surface area contributed by atoms with Gasteiger partial charge in [0.05, 0.1) is 5.52 Å². The van der Waals surface area contributed by atoms with E-state index in [1.54, 1.807) is 18.2 Å². The number of nitrogens with one attached hydrogen (secondary N) is 2. The molecule has 6 heteroatoms. The van der Waals surface area contributed by atoms with Crippen LogP contribution in [0.4, 0.5) is 0 Å². The van der Waals surface area contributed by atoms with Gasteiger partial charge in [-0.1, -0.05) is 23.7 Å². The monoisotopic (exact) mass is 377 g/mol. The van der Waals surface area contributed by atoms with Crippen molar-refractivity contribution < 1.29 is 4.79 Å². The standard InChI is InChI=1S/C21H16ClN3O2/c22-15-5-3-14(4-6-15)12-24-21(27)18-13-23-19-11-16(25-9-1-2-10-25)7-8-17(19)20(18)26/h1-11,13H,12H2,(H,23,26)(H,24,27). The van der Waals surface area contributed by atoms with Gasteiger partial charge in [-0.05, 0) is 48.0 Å². The summed E-state index contributed by atoms with van der Waals surface area (Å²) in [4.78, 5) is 28.2. The van der Waals surface area contributed by atoms with Crippen molar-refractivity contribution in [1.29, 1.82) is 0 Å². The maximum Gasteiger partial charge on any atom is 0.257 e. The Morgan fingerprint density at radius 1 is 1.07 bits per heavy atom. The molecule has 2 N–H and O–H groups in total. The van der Waals surface area contributed by atoms with E-state index in [1.165, 1.54) is 6.20 Å². The summed E-state index contributed by atoms with van der Waals surface area (Å²) in [5, 5.41) is 3.88. The SMILES string of the molecule is O=C(NCc1ccc(Cl)cc1)c1c[nH]c2cc(-n3cccc3)ccc2c1=O. The van der Waals surface area contributed by atoms with E-state index in [0.29, 0.717) is 22.5 Å². The number of carbonyl (C=O) groups is 1. The highest BCUT2D eigenvalue weighted by atomic mass is 35.5. The number of amides is 1. The number of benzene rings is 2. The summed E-state index contributed by atoms with van der Waals surface area (Å²) in [7, 11) is 0. The van der Waals surface area contributed by atoms with Crippen LogP contribution in [0.15, 0.2) is 78.0 Å². The van der Waals surface area contributed by atoms with Gasteiger partial charge in [-0.25, -0.2) is 0 Å². The molecule has 0 aliphatic rings. The van der Waals surface area contributed by atoms with Crippen LogP contribution in [0.2, 0.25) is 5.02 Å². The molecule has 0 aliphatic carbocycles. The van der Waals surface area contributed by atoms with Gasteiger partial charge in [-0.15, -0.1) is 0 Å². The second-order valence-electron chi connectivity index (χ2n) is 6.16. The molecule has 4 rings (SSSR count). The highest BCUT2D eigenvalue weighted by Gasteiger charge is 2.13. The summed E-state index contributed by atoms with van der Waals surface area (Å²) in [6, 6.07) is 16.5. The van der Waals surface area contributed by atoms with Crippen molar-refractivity contribution in [1.82, 2.24) is 14.9 Å². The van der Waals surface area contributed by atoms with Crippen LogP contribution in [0.1, 0.15) is 15.9 Å². The van der Waals surface area contributed by atoms with Gasteiger partial charge in [0.1, 0.15) is 5.56 Å². The Labute approximate surface area is 160 Å². The van der Waals surface area contributed by atoms with Crippen LogP contribution in [0.25, 0.3) is 16.6 Å². The molecule has 1 amide bonds. The number of rotatable bonds is 4. The number of carbonyl (C=O) groups excluding carboxylic acids is 1.